The minimum absolute atomic E-state index is 0.232. The molecule has 1 saturated heterocycles. The maximum atomic E-state index is 12.8. The highest BCUT2D eigenvalue weighted by molar-refractivity contribution is 6.00. The monoisotopic (exact) mass is 435 g/mol. The molecule has 32 heavy (non-hydrogen) atoms. The van der Waals surface area contributed by atoms with Crippen LogP contribution in [-0.4, -0.2) is 59.8 Å². The number of piperazine rings is 1. The molecular formula is C23H25N5O4. The zero-order valence-electron chi connectivity index (χ0n) is 18.1. The Morgan fingerprint density at radius 2 is 1.78 bits per heavy atom. The van der Waals surface area contributed by atoms with Crippen LogP contribution in [0.25, 0.3) is 11.4 Å². The van der Waals surface area contributed by atoms with Gasteiger partial charge >= 0.3 is 12.0 Å². The summed E-state index contributed by atoms with van der Waals surface area (Å²) in [7, 11) is 0. The van der Waals surface area contributed by atoms with E-state index in [1.165, 1.54) is 0 Å². The highest BCUT2D eigenvalue weighted by Gasteiger charge is 2.23. The van der Waals surface area contributed by atoms with E-state index in [0.717, 1.165) is 11.3 Å². The smallest absolute Gasteiger partial charge is 0.340 e. The molecule has 3 aromatic rings. The van der Waals surface area contributed by atoms with E-state index in [0.29, 0.717) is 49.1 Å². The molecule has 1 aliphatic rings. The number of ether oxygens (including phenoxy) is 1. The summed E-state index contributed by atoms with van der Waals surface area (Å²) in [6.45, 7) is 6.33. The molecule has 2 heterocycles. The van der Waals surface area contributed by atoms with Gasteiger partial charge in [0.1, 0.15) is 0 Å². The highest BCUT2D eigenvalue weighted by Crippen LogP contribution is 2.23. The van der Waals surface area contributed by atoms with Crippen molar-refractivity contribution in [1.29, 1.82) is 0 Å². The van der Waals surface area contributed by atoms with Crippen LogP contribution < -0.4 is 10.2 Å². The summed E-state index contributed by atoms with van der Waals surface area (Å²) in [5, 5.41) is 6.79. The summed E-state index contributed by atoms with van der Waals surface area (Å²) in [5.41, 5.74) is 2.76. The van der Waals surface area contributed by atoms with E-state index in [1.807, 2.05) is 24.3 Å². The average Bonchev–Trinajstić information content (AvgIpc) is 3.26. The van der Waals surface area contributed by atoms with Gasteiger partial charge in [0.2, 0.25) is 11.7 Å². The molecule has 1 N–H and O–H groups in total. The largest absolute Gasteiger partial charge is 0.462 e. The predicted molar refractivity (Wildman–Crippen MR) is 120 cm³/mol. The second-order valence-corrected chi connectivity index (χ2v) is 7.35. The third kappa shape index (κ3) is 4.72. The first-order valence-electron chi connectivity index (χ1n) is 10.5. The van der Waals surface area contributed by atoms with Crippen LogP contribution in [0.15, 0.2) is 53.1 Å². The number of nitrogens with one attached hydrogen (secondary N) is 1. The van der Waals surface area contributed by atoms with E-state index in [1.54, 1.807) is 43.0 Å². The molecule has 0 unspecified atom stereocenters. The van der Waals surface area contributed by atoms with Crippen LogP contribution in [0.5, 0.6) is 0 Å². The number of aromatic nitrogens is 2. The van der Waals surface area contributed by atoms with Gasteiger partial charge < -0.3 is 24.4 Å². The van der Waals surface area contributed by atoms with Crippen LogP contribution in [0.4, 0.5) is 16.2 Å². The fraction of sp³-hybridized carbons (Fsp3) is 0.304. The average molecular weight is 435 g/mol. The molecule has 0 spiro atoms. The van der Waals surface area contributed by atoms with Crippen LogP contribution >= 0.6 is 0 Å². The molecule has 9 heteroatoms. The highest BCUT2D eigenvalue weighted by atomic mass is 16.5. The molecule has 0 saturated carbocycles. The minimum Gasteiger partial charge on any atom is -0.462 e. The van der Waals surface area contributed by atoms with E-state index in [2.05, 4.69) is 20.4 Å². The number of amides is 2. The van der Waals surface area contributed by atoms with Crippen molar-refractivity contribution in [2.24, 2.45) is 0 Å². The number of rotatable bonds is 5. The Balaban J connectivity index is 1.35. The fourth-order valence-corrected chi connectivity index (χ4v) is 3.58. The lowest BCUT2D eigenvalue weighted by atomic mass is 10.1. The Hall–Kier alpha value is -3.88. The first-order valence-corrected chi connectivity index (χ1v) is 10.5. The molecule has 4 rings (SSSR count). The lowest BCUT2D eigenvalue weighted by Crippen LogP contribution is -2.50. The Morgan fingerprint density at radius 1 is 1.06 bits per heavy atom. The number of aryl methyl sites for hydroxylation is 1. The standard InChI is InChI=1S/C23H25N5O4/c1-3-31-22(29)19-6-4-5-7-20(19)25-23(30)28-14-12-27(13-15-28)18-10-8-17(9-11-18)21-24-16(2)32-26-21/h4-11H,3,12-15H2,1-2H3,(H,25,30). The van der Waals surface area contributed by atoms with Crippen molar-refractivity contribution >= 4 is 23.4 Å². The van der Waals surface area contributed by atoms with E-state index in [9.17, 15) is 9.59 Å². The van der Waals surface area contributed by atoms with E-state index in [-0.39, 0.29) is 12.6 Å². The number of esters is 1. The van der Waals surface area contributed by atoms with Crippen LogP contribution in [0.1, 0.15) is 23.2 Å². The maximum absolute atomic E-state index is 12.8. The van der Waals surface area contributed by atoms with Gasteiger partial charge in [-0.2, -0.15) is 4.98 Å². The molecule has 1 aliphatic heterocycles. The molecule has 9 nitrogen and oxygen atoms in total. The van der Waals surface area contributed by atoms with Crippen LogP contribution in [-0.2, 0) is 4.74 Å². The normalized spacial score (nSPS) is 13.7. The molecule has 166 valence electrons. The number of hydrogen-bond donors (Lipinski definition) is 1. The number of carbonyl (C=O) groups excluding carboxylic acids is 2. The number of hydrogen-bond acceptors (Lipinski definition) is 7. The van der Waals surface area contributed by atoms with Crippen molar-refractivity contribution < 1.29 is 18.8 Å². The molecule has 0 bridgehead atoms. The van der Waals surface area contributed by atoms with E-state index in [4.69, 9.17) is 9.26 Å². The van der Waals surface area contributed by atoms with Crippen molar-refractivity contribution in [3.63, 3.8) is 0 Å². The molecule has 2 amide bonds. The van der Waals surface area contributed by atoms with Gasteiger partial charge in [-0.05, 0) is 43.3 Å². The van der Waals surface area contributed by atoms with E-state index >= 15 is 0 Å². The molecule has 2 aromatic carbocycles. The fourth-order valence-electron chi connectivity index (χ4n) is 3.58. The van der Waals surface area contributed by atoms with Gasteiger partial charge in [-0.15, -0.1) is 0 Å². The van der Waals surface area contributed by atoms with Crippen molar-refractivity contribution in [1.82, 2.24) is 15.0 Å². The predicted octanol–water partition coefficient (Wildman–Crippen LogP) is 3.58. The number of nitrogens with zero attached hydrogens (tertiary/aromatic N) is 4. The van der Waals surface area contributed by atoms with Gasteiger partial charge in [-0.3, -0.25) is 0 Å². The summed E-state index contributed by atoms with van der Waals surface area (Å²) in [4.78, 5) is 33.1. The van der Waals surface area contributed by atoms with Crippen LogP contribution in [0.2, 0.25) is 0 Å². The molecule has 1 aromatic heterocycles. The minimum atomic E-state index is -0.451. The second kappa shape index (κ2) is 9.51. The number of carbonyl (C=O) groups is 2. The first-order chi connectivity index (χ1) is 15.5. The Morgan fingerprint density at radius 3 is 2.44 bits per heavy atom. The van der Waals surface area contributed by atoms with Crippen LogP contribution in [0.3, 0.4) is 0 Å². The van der Waals surface area contributed by atoms with Crippen molar-refractivity contribution in [3.05, 3.63) is 60.0 Å². The maximum Gasteiger partial charge on any atom is 0.340 e. The van der Waals surface area contributed by atoms with Crippen LogP contribution in [0, 0.1) is 6.92 Å². The summed E-state index contributed by atoms with van der Waals surface area (Å²) >= 11 is 0. The number of para-hydroxylation sites is 1. The third-order valence-electron chi connectivity index (χ3n) is 5.25. The Bertz CT molecular complexity index is 1090. The SMILES string of the molecule is CCOC(=O)c1ccccc1NC(=O)N1CCN(c2ccc(-c3noc(C)n3)cc2)CC1. The quantitative estimate of drug-likeness (QED) is 0.611. The van der Waals surface area contributed by atoms with Gasteiger partial charge in [0.25, 0.3) is 0 Å². The molecule has 0 aliphatic carbocycles. The Labute approximate surface area is 186 Å². The van der Waals surface area contributed by atoms with Gasteiger partial charge in [0.15, 0.2) is 0 Å². The van der Waals surface area contributed by atoms with Gasteiger partial charge in [-0.1, -0.05) is 17.3 Å². The summed E-state index contributed by atoms with van der Waals surface area (Å²) in [5.74, 6) is 0.648. The molecular weight excluding hydrogens is 410 g/mol. The summed E-state index contributed by atoms with van der Waals surface area (Å²) in [6, 6.07) is 14.6. The number of anilines is 2. The lowest BCUT2D eigenvalue weighted by molar-refractivity contribution is 0.0527. The van der Waals surface area contributed by atoms with Crippen molar-refractivity contribution in [2.75, 3.05) is 43.0 Å². The molecule has 1 fully saturated rings. The van der Waals surface area contributed by atoms with Gasteiger partial charge in [-0.25, -0.2) is 9.59 Å². The first kappa shape index (κ1) is 21.4. The van der Waals surface area contributed by atoms with Crippen molar-refractivity contribution in [2.45, 2.75) is 13.8 Å². The Kier molecular flexibility index (Phi) is 6.34. The summed E-state index contributed by atoms with van der Waals surface area (Å²) in [6.07, 6.45) is 0. The molecule has 0 atom stereocenters. The number of urea groups is 1. The topological polar surface area (TPSA) is 101 Å². The number of benzene rings is 2. The lowest BCUT2D eigenvalue weighted by Gasteiger charge is -2.36. The van der Waals surface area contributed by atoms with Gasteiger partial charge in [0, 0.05) is 44.4 Å². The third-order valence-corrected chi connectivity index (χ3v) is 5.25. The molecule has 0 radical (unpaired) electrons. The summed E-state index contributed by atoms with van der Waals surface area (Å²) < 4.78 is 10.1. The van der Waals surface area contributed by atoms with Gasteiger partial charge in [0.05, 0.1) is 17.9 Å². The second-order valence-electron chi connectivity index (χ2n) is 7.35. The zero-order chi connectivity index (χ0) is 22.5. The van der Waals surface area contributed by atoms with Crippen molar-refractivity contribution in [3.8, 4) is 11.4 Å². The van der Waals surface area contributed by atoms with E-state index < -0.39 is 5.97 Å². The zero-order valence-corrected chi connectivity index (χ0v) is 18.1.